The van der Waals surface area contributed by atoms with Gasteiger partial charge >= 0.3 is 5.97 Å². The number of halogens is 1. The quantitative estimate of drug-likeness (QED) is 0.811. The molecule has 0 aromatic heterocycles. The molecule has 0 aliphatic heterocycles. The van der Waals surface area contributed by atoms with Gasteiger partial charge in [0.2, 0.25) is 0 Å². The number of nitrogens with zero attached hydrogens (tertiary/aromatic N) is 1. The lowest BCUT2D eigenvalue weighted by Gasteiger charge is -2.29. The third kappa shape index (κ3) is 4.30. The van der Waals surface area contributed by atoms with Crippen LogP contribution in [0.5, 0.6) is 0 Å². The van der Waals surface area contributed by atoms with Gasteiger partial charge in [-0.2, -0.15) is 0 Å². The lowest BCUT2D eigenvalue weighted by Crippen LogP contribution is -2.49. The Morgan fingerprint density at radius 3 is 2.68 bits per heavy atom. The van der Waals surface area contributed by atoms with Crippen LogP contribution in [0.3, 0.4) is 0 Å². The third-order valence-corrected chi connectivity index (χ3v) is 3.53. The summed E-state index contributed by atoms with van der Waals surface area (Å²) in [6, 6.07) is 7.69. The van der Waals surface area contributed by atoms with Crippen molar-refractivity contribution in [2.45, 2.75) is 12.5 Å². The Balaban J connectivity index is 2.96. The molecule has 0 bridgehead atoms. The molecule has 1 rings (SSSR count). The zero-order valence-electron chi connectivity index (χ0n) is 11.9. The van der Waals surface area contributed by atoms with Crippen LogP contribution >= 0.6 is 15.9 Å². The highest BCUT2D eigenvalue weighted by molar-refractivity contribution is 9.10. The second-order valence-corrected chi connectivity index (χ2v) is 5.77. The zero-order valence-corrected chi connectivity index (χ0v) is 13.5. The van der Waals surface area contributed by atoms with Gasteiger partial charge in [0, 0.05) is 17.6 Å². The van der Waals surface area contributed by atoms with E-state index in [9.17, 15) is 4.79 Å². The van der Waals surface area contributed by atoms with Crippen LogP contribution < -0.4 is 5.32 Å². The molecule has 19 heavy (non-hydrogen) atoms. The minimum atomic E-state index is -0.839. The van der Waals surface area contributed by atoms with E-state index >= 15 is 0 Å². The maximum atomic E-state index is 12.1. The molecule has 4 nitrogen and oxygen atoms in total. The molecule has 0 saturated carbocycles. The van der Waals surface area contributed by atoms with E-state index < -0.39 is 5.54 Å². The van der Waals surface area contributed by atoms with E-state index in [2.05, 4.69) is 26.1 Å². The third-order valence-electron chi connectivity index (χ3n) is 3.03. The van der Waals surface area contributed by atoms with Gasteiger partial charge in [-0.05, 0) is 38.7 Å². The molecule has 1 atom stereocenters. The Morgan fingerprint density at radius 1 is 1.47 bits per heavy atom. The molecule has 0 radical (unpaired) electrons. The van der Waals surface area contributed by atoms with Crippen molar-refractivity contribution >= 4 is 21.9 Å². The molecule has 106 valence electrons. The van der Waals surface area contributed by atoms with Crippen LogP contribution in [0.15, 0.2) is 28.7 Å². The number of esters is 1. The molecule has 1 aromatic carbocycles. The number of nitrogens with one attached hydrogen (secondary N) is 1. The molecule has 0 spiro atoms. The molecule has 5 heteroatoms. The Kier molecular flexibility index (Phi) is 5.97. The number of rotatable bonds is 6. The molecule has 0 aliphatic carbocycles. The monoisotopic (exact) mass is 328 g/mol. The fraction of sp³-hybridized carbons (Fsp3) is 0.500. The summed E-state index contributed by atoms with van der Waals surface area (Å²) in [5.41, 5.74) is 0.0432. The van der Waals surface area contributed by atoms with Crippen molar-refractivity contribution in [2.24, 2.45) is 0 Å². The number of carbonyl (C=O) groups is 1. The molecule has 0 fully saturated rings. The van der Waals surface area contributed by atoms with Crippen molar-refractivity contribution < 1.29 is 9.53 Å². The highest BCUT2D eigenvalue weighted by Crippen LogP contribution is 2.25. The number of likely N-dealkylation sites (N-methyl/N-ethyl adjacent to an activating group) is 1. The number of benzene rings is 1. The summed E-state index contributed by atoms with van der Waals surface area (Å²) in [7, 11) is 5.40. The van der Waals surface area contributed by atoms with Gasteiger partial charge in [-0.15, -0.1) is 0 Å². The van der Waals surface area contributed by atoms with Crippen molar-refractivity contribution in [1.29, 1.82) is 0 Å². The molecular weight excluding hydrogens is 308 g/mol. The number of hydrogen-bond acceptors (Lipinski definition) is 4. The van der Waals surface area contributed by atoms with Crippen LogP contribution in [0.25, 0.3) is 0 Å². The van der Waals surface area contributed by atoms with Crippen molar-refractivity contribution in [3.8, 4) is 0 Å². The highest BCUT2D eigenvalue weighted by Gasteiger charge is 2.35. The Labute approximate surface area is 123 Å². The second-order valence-electron chi connectivity index (χ2n) is 4.86. The van der Waals surface area contributed by atoms with Crippen molar-refractivity contribution in [2.75, 3.05) is 34.3 Å². The molecule has 0 saturated heterocycles. The van der Waals surface area contributed by atoms with E-state index in [0.29, 0.717) is 6.54 Å². The lowest BCUT2D eigenvalue weighted by atomic mass is 9.92. The SMILES string of the molecule is COC(=O)C(C)(NCCN(C)C)c1cccc(Br)c1. The maximum Gasteiger partial charge on any atom is 0.330 e. The Hall–Kier alpha value is -0.910. The summed E-state index contributed by atoms with van der Waals surface area (Å²) < 4.78 is 5.88. The van der Waals surface area contributed by atoms with E-state index in [-0.39, 0.29) is 5.97 Å². The van der Waals surface area contributed by atoms with E-state index in [4.69, 9.17) is 4.74 Å². The average molecular weight is 329 g/mol. The smallest absolute Gasteiger partial charge is 0.330 e. The normalized spacial score (nSPS) is 14.2. The van der Waals surface area contributed by atoms with Crippen LogP contribution in [-0.2, 0) is 15.1 Å². The van der Waals surface area contributed by atoms with Gasteiger partial charge in [-0.25, -0.2) is 4.79 Å². The first-order valence-corrected chi connectivity index (χ1v) is 6.93. The van der Waals surface area contributed by atoms with E-state index in [0.717, 1.165) is 16.6 Å². The number of carbonyl (C=O) groups excluding carboxylic acids is 1. The maximum absolute atomic E-state index is 12.1. The topological polar surface area (TPSA) is 41.6 Å². The van der Waals surface area contributed by atoms with E-state index in [1.165, 1.54) is 7.11 Å². The molecule has 1 aromatic rings. The van der Waals surface area contributed by atoms with Gasteiger partial charge < -0.3 is 9.64 Å². The summed E-state index contributed by atoms with van der Waals surface area (Å²) in [5.74, 6) is -0.288. The predicted octanol–water partition coefficient (Wildman–Crippen LogP) is 1.99. The second kappa shape index (κ2) is 7.03. The number of methoxy groups -OCH3 is 1. The fourth-order valence-electron chi connectivity index (χ4n) is 1.83. The minimum Gasteiger partial charge on any atom is -0.467 e. The first-order valence-electron chi connectivity index (χ1n) is 6.14. The Morgan fingerprint density at radius 2 is 2.16 bits per heavy atom. The van der Waals surface area contributed by atoms with Gasteiger partial charge in [0.25, 0.3) is 0 Å². The van der Waals surface area contributed by atoms with Crippen molar-refractivity contribution in [1.82, 2.24) is 10.2 Å². The largest absolute Gasteiger partial charge is 0.467 e. The zero-order chi connectivity index (χ0) is 14.5. The van der Waals surface area contributed by atoms with Crippen LogP contribution in [0.4, 0.5) is 0 Å². The van der Waals surface area contributed by atoms with Crippen LogP contribution in [0, 0.1) is 0 Å². The Bertz CT molecular complexity index is 437. The lowest BCUT2D eigenvalue weighted by molar-refractivity contribution is -0.148. The fourth-order valence-corrected chi connectivity index (χ4v) is 2.22. The van der Waals surface area contributed by atoms with Crippen LogP contribution in [0.2, 0.25) is 0 Å². The molecule has 0 aliphatic rings. The van der Waals surface area contributed by atoms with Crippen molar-refractivity contribution in [3.05, 3.63) is 34.3 Å². The predicted molar refractivity (Wildman–Crippen MR) is 80.1 cm³/mol. The molecule has 0 amide bonds. The first-order chi connectivity index (χ1) is 8.90. The standard InChI is InChI=1S/C14H21BrN2O2/c1-14(13(18)19-4,16-8-9-17(2)3)11-6-5-7-12(15)10-11/h5-7,10,16H,8-9H2,1-4H3. The average Bonchev–Trinajstić information content (AvgIpc) is 2.37. The number of ether oxygens (including phenoxy) is 1. The summed E-state index contributed by atoms with van der Waals surface area (Å²) in [5, 5.41) is 3.28. The first kappa shape index (κ1) is 16.1. The van der Waals surface area contributed by atoms with Crippen LogP contribution in [-0.4, -0.2) is 45.2 Å². The van der Waals surface area contributed by atoms with Gasteiger partial charge in [0.05, 0.1) is 7.11 Å². The summed E-state index contributed by atoms with van der Waals surface area (Å²) >= 11 is 3.43. The molecule has 1 unspecified atom stereocenters. The summed E-state index contributed by atoms with van der Waals surface area (Å²) in [6.07, 6.45) is 0. The van der Waals surface area contributed by atoms with Crippen molar-refractivity contribution in [3.63, 3.8) is 0 Å². The molecule has 1 N–H and O–H groups in total. The van der Waals surface area contributed by atoms with E-state index in [1.807, 2.05) is 45.3 Å². The van der Waals surface area contributed by atoms with Gasteiger partial charge in [-0.1, -0.05) is 28.1 Å². The van der Waals surface area contributed by atoms with Gasteiger partial charge in [0.15, 0.2) is 0 Å². The number of hydrogen-bond donors (Lipinski definition) is 1. The molecule has 0 heterocycles. The summed E-state index contributed by atoms with van der Waals surface area (Å²) in [6.45, 7) is 3.39. The molecular formula is C14H21BrN2O2. The van der Waals surface area contributed by atoms with Gasteiger partial charge in [-0.3, -0.25) is 5.32 Å². The van der Waals surface area contributed by atoms with Crippen LogP contribution in [0.1, 0.15) is 12.5 Å². The minimum absolute atomic E-state index is 0.288. The summed E-state index contributed by atoms with van der Waals surface area (Å²) in [4.78, 5) is 14.2. The van der Waals surface area contributed by atoms with Gasteiger partial charge in [0.1, 0.15) is 5.54 Å². The van der Waals surface area contributed by atoms with E-state index in [1.54, 1.807) is 0 Å². The highest BCUT2D eigenvalue weighted by atomic mass is 79.9.